The molecule has 21 heavy (non-hydrogen) atoms. The van der Waals surface area contributed by atoms with Gasteiger partial charge in [-0.25, -0.2) is 0 Å². The minimum absolute atomic E-state index is 0.0508. The van der Waals surface area contributed by atoms with E-state index < -0.39 is 0 Å². The second-order valence-electron chi connectivity index (χ2n) is 4.51. The monoisotopic (exact) mass is 293 g/mol. The third kappa shape index (κ3) is 5.88. The number of benzene rings is 1. The van der Waals surface area contributed by atoms with Crippen LogP contribution in [0.15, 0.2) is 30.3 Å². The van der Waals surface area contributed by atoms with E-state index in [9.17, 15) is 4.79 Å². The zero-order valence-electron chi connectivity index (χ0n) is 14.4. The van der Waals surface area contributed by atoms with Crippen molar-refractivity contribution < 1.29 is 9.53 Å². The summed E-state index contributed by atoms with van der Waals surface area (Å²) in [5.41, 5.74) is 1.24. The Balaban J connectivity index is 0.000000921. The Morgan fingerprint density at radius 2 is 1.76 bits per heavy atom. The molecule has 1 aliphatic rings. The summed E-state index contributed by atoms with van der Waals surface area (Å²) in [6, 6.07) is 10.7. The van der Waals surface area contributed by atoms with Crippen molar-refractivity contribution in [2.45, 2.75) is 66.6 Å². The van der Waals surface area contributed by atoms with Gasteiger partial charge in [-0.05, 0) is 25.8 Å². The Morgan fingerprint density at radius 3 is 2.24 bits per heavy atom. The fourth-order valence-electron chi connectivity index (χ4n) is 2.29. The lowest BCUT2D eigenvalue weighted by Crippen LogP contribution is -2.57. The van der Waals surface area contributed by atoms with Crippen LogP contribution >= 0.6 is 0 Å². The molecule has 0 saturated carbocycles. The maximum atomic E-state index is 11.7. The van der Waals surface area contributed by atoms with Gasteiger partial charge in [-0.2, -0.15) is 0 Å². The van der Waals surface area contributed by atoms with Gasteiger partial charge >= 0.3 is 5.97 Å². The van der Waals surface area contributed by atoms with Gasteiger partial charge in [0.05, 0.1) is 6.61 Å². The number of hydrogen-bond donors (Lipinski definition) is 0. The fraction of sp³-hybridized carbons (Fsp3) is 0.611. The second kappa shape index (κ2) is 11.3. The molecule has 3 nitrogen and oxygen atoms in total. The van der Waals surface area contributed by atoms with E-state index in [-0.39, 0.29) is 12.0 Å². The molecule has 2 unspecified atom stereocenters. The average Bonchev–Trinajstić information content (AvgIpc) is 2.55. The summed E-state index contributed by atoms with van der Waals surface area (Å²) >= 11 is 0. The molecule has 1 heterocycles. The second-order valence-corrected chi connectivity index (χ2v) is 4.51. The molecule has 1 aromatic carbocycles. The first-order valence-corrected chi connectivity index (χ1v) is 8.18. The molecule has 0 N–H and O–H groups in total. The van der Waals surface area contributed by atoms with Crippen LogP contribution in [0.5, 0.6) is 0 Å². The minimum Gasteiger partial charge on any atom is -0.465 e. The van der Waals surface area contributed by atoms with Gasteiger partial charge in [-0.15, -0.1) is 0 Å². The van der Waals surface area contributed by atoms with Crippen LogP contribution in [0.2, 0.25) is 0 Å². The van der Waals surface area contributed by atoms with Crippen LogP contribution in [0.25, 0.3) is 0 Å². The molecule has 120 valence electrons. The van der Waals surface area contributed by atoms with Crippen molar-refractivity contribution in [3.8, 4) is 0 Å². The SMILES string of the molecule is CC.CC.CCOC(=O)C1CC(C)N1Cc1ccccc1. The lowest BCUT2D eigenvalue weighted by Gasteiger charge is -2.45. The third-order valence-electron chi connectivity index (χ3n) is 3.30. The van der Waals surface area contributed by atoms with E-state index >= 15 is 0 Å². The van der Waals surface area contributed by atoms with Gasteiger partial charge in [0.2, 0.25) is 0 Å². The summed E-state index contributed by atoms with van der Waals surface area (Å²) in [7, 11) is 0. The molecule has 0 spiro atoms. The Bertz CT molecular complexity index is 378. The van der Waals surface area contributed by atoms with Crippen molar-refractivity contribution >= 4 is 5.97 Å². The molecular formula is C18H31NO2. The maximum absolute atomic E-state index is 11.7. The summed E-state index contributed by atoms with van der Waals surface area (Å²) in [5, 5.41) is 0. The molecule has 0 bridgehead atoms. The number of esters is 1. The van der Waals surface area contributed by atoms with Crippen LogP contribution in [-0.4, -0.2) is 29.6 Å². The topological polar surface area (TPSA) is 29.5 Å². The van der Waals surface area contributed by atoms with Crippen LogP contribution in [-0.2, 0) is 16.1 Å². The van der Waals surface area contributed by atoms with E-state index in [2.05, 4.69) is 24.0 Å². The first-order chi connectivity index (χ1) is 10.2. The highest BCUT2D eigenvalue weighted by Crippen LogP contribution is 2.28. The Kier molecular flexibility index (Phi) is 10.6. The Labute approximate surface area is 130 Å². The number of carbonyl (C=O) groups excluding carboxylic acids is 1. The van der Waals surface area contributed by atoms with E-state index in [1.807, 2.05) is 52.8 Å². The summed E-state index contributed by atoms with van der Waals surface area (Å²) in [6.07, 6.45) is 0.908. The average molecular weight is 293 g/mol. The van der Waals surface area contributed by atoms with Crippen LogP contribution in [0.4, 0.5) is 0 Å². The van der Waals surface area contributed by atoms with Gasteiger partial charge in [0, 0.05) is 12.6 Å². The normalized spacial score (nSPS) is 20.1. The van der Waals surface area contributed by atoms with Gasteiger partial charge < -0.3 is 4.74 Å². The quantitative estimate of drug-likeness (QED) is 0.777. The van der Waals surface area contributed by atoms with Crippen molar-refractivity contribution in [2.24, 2.45) is 0 Å². The van der Waals surface area contributed by atoms with E-state index in [4.69, 9.17) is 4.74 Å². The number of nitrogens with zero attached hydrogens (tertiary/aromatic N) is 1. The highest BCUT2D eigenvalue weighted by Gasteiger charge is 2.40. The van der Waals surface area contributed by atoms with Crippen molar-refractivity contribution in [3.05, 3.63) is 35.9 Å². The van der Waals surface area contributed by atoms with Gasteiger partial charge in [-0.3, -0.25) is 9.69 Å². The first-order valence-electron chi connectivity index (χ1n) is 8.18. The molecule has 0 aliphatic carbocycles. The summed E-state index contributed by atoms with van der Waals surface area (Å²) in [4.78, 5) is 13.9. The molecule has 1 aliphatic heterocycles. The van der Waals surface area contributed by atoms with E-state index in [1.165, 1.54) is 5.56 Å². The summed E-state index contributed by atoms with van der Waals surface area (Å²) < 4.78 is 5.08. The molecule has 0 aromatic heterocycles. The number of likely N-dealkylation sites (tertiary alicyclic amines) is 1. The summed E-state index contributed by atoms with van der Waals surface area (Å²) in [5.74, 6) is -0.0819. The molecular weight excluding hydrogens is 262 g/mol. The number of ether oxygens (including phenoxy) is 1. The molecule has 2 rings (SSSR count). The van der Waals surface area contributed by atoms with Crippen molar-refractivity contribution in [3.63, 3.8) is 0 Å². The van der Waals surface area contributed by atoms with Gasteiger partial charge in [0.15, 0.2) is 0 Å². The molecule has 3 heteroatoms. The van der Waals surface area contributed by atoms with Crippen molar-refractivity contribution in [1.29, 1.82) is 0 Å². The van der Waals surface area contributed by atoms with E-state index in [1.54, 1.807) is 0 Å². The Hall–Kier alpha value is -1.35. The van der Waals surface area contributed by atoms with E-state index in [0.717, 1.165) is 13.0 Å². The highest BCUT2D eigenvalue weighted by atomic mass is 16.5. The lowest BCUT2D eigenvalue weighted by molar-refractivity contribution is -0.158. The van der Waals surface area contributed by atoms with Gasteiger partial charge in [0.25, 0.3) is 0 Å². The smallest absolute Gasteiger partial charge is 0.323 e. The van der Waals surface area contributed by atoms with Crippen molar-refractivity contribution in [2.75, 3.05) is 6.61 Å². The predicted octanol–water partition coefficient (Wildman–Crippen LogP) is 4.26. The first kappa shape index (κ1) is 19.7. The minimum atomic E-state index is -0.0819. The predicted molar refractivity (Wildman–Crippen MR) is 89.2 cm³/mol. The highest BCUT2D eigenvalue weighted by molar-refractivity contribution is 5.77. The van der Waals surface area contributed by atoms with Gasteiger partial charge in [-0.1, -0.05) is 58.0 Å². The zero-order valence-corrected chi connectivity index (χ0v) is 14.4. The van der Waals surface area contributed by atoms with Crippen molar-refractivity contribution in [1.82, 2.24) is 4.90 Å². The number of hydrogen-bond acceptors (Lipinski definition) is 3. The molecule has 0 radical (unpaired) electrons. The maximum Gasteiger partial charge on any atom is 0.323 e. The lowest BCUT2D eigenvalue weighted by atomic mass is 9.93. The molecule has 1 aromatic rings. The molecule has 0 amide bonds. The standard InChI is InChI=1S/C14H19NO2.2C2H6/c1-3-17-14(16)13-9-11(2)15(13)10-12-7-5-4-6-8-12;2*1-2/h4-8,11,13H,3,9-10H2,1-2H3;2*1-2H3. The van der Waals surface area contributed by atoms with Gasteiger partial charge in [0.1, 0.15) is 6.04 Å². The molecule has 2 atom stereocenters. The molecule has 1 fully saturated rings. The van der Waals surface area contributed by atoms with E-state index in [0.29, 0.717) is 12.6 Å². The van der Waals surface area contributed by atoms with Crippen LogP contribution in [0, 0.1) is 0 Å². The number of rotatable bonds is 4. The fourth-order valence-corrected chi connectivity index (χ4v) is 2.29. The van der Waals surface area contributed by atoms with Crippen LogP contribution in [0.1, 0.15) is 53.5 Å². The van der Waals surface area contributed by atoms with Crippen LogP contribution < -0.4 is 0 Å². The number of carbonyl (C=O) groups is 1. The van der Waals surface area contributed by atoms with Crippen LogP contribution in [0.3, 0.4) is 0 Å². The summed E-state index contributed by atoms with van der Waals surface area (Å²) in [6.45, 7) is 13.3. The third-order valence-corrected chi connectivity index (χ3v) is 3.30. The largest absolute Gasteiger partial charge is 0.465 e. The molecule has 1 saturated heterocycles. The zero-order chi connectivity index (χ0) is 16.3. The Morgan fingerprint density at radius 1 is 1.19 bits per heavy atom.